The number of benzene rings is 2. The highest BCUT2D eigenvalue weighted by Gasteiger charge is 2.18. The smallest absolute Gasteiger partial charge is 0.313 e. The van der Waals surface area contributed by atoms with Gasteiger partial charge in [0.2, 0.25) is 0 Å². The van der Waals surface area contributed by atoms with E-state index in [-0.39, 0.29) is 17.5 Å². The minimum atomic E-state index is -0.814. The number of aromatic hydroxyl groups is 1. The second kappa shape index (κ2) is 7.64. The number of amides is 2. The van der Waals surface area contributed by atoms with Gasteiger partial charge < -0.3 is 15.7 Å². The molecule has 0 spiro atoms. The number of nitrogens with one attached hydrogen (secondary N) is 2. The third-order valence-corrected chi connectivity index (χ3v) is 3.84. The average molecular weight is 326 g/mol. The molecule has 0 aromatic heterocycles. The molecule has 126 valence electrons. The van der Waals surface area contributed by atoms with Gasteiger partial charge in [-0.25, -0.2) is 0 Å². The van der Waals surface area contributed by atoms with Crippen LogP contribution in [0.2, 0.25) is 0 Å². The quantitative estimate of drug-likeness (QED) is 0.597. The molecule has 1 unspecified atom stereocenters. The highest BCUT2D eigenvalue weighted by atomic mass is 16.3. The zero-order valence-corrected chi connectivity index (χ0v) is 14.1. The van der Waals surface area contributed by atoms with Crippen molar-refractivity contribution in [2.75, 3.05) is 5.32 Å². The fourth-order valence-corrected chi connectivity index (χ4v) is 2.31. The standard InChI is InChI=1S/C19H22N2O3/c1-4-14-6-8-15(9-7-14)13(3)20-18(23)19(24)21-16-10-5-12(2)11-17(16)22/h5-11,13,22H,4H2,1-3H3,(H,20,23)(H,21,24). The number of anilines is 1. The first-order valence-corrected chi connectivity index (χ1v) is 7.91. The van der Waals surface area contributed by atoms with E-state index < -0.39 is 11.8 Å². The maximum absolute atomic E-state index is 12.0. The molecule has 0 aliphatic heterocycles. The molecular weight excluding hydrogens is 304 g/mol. The van der Waals surface area contributed by atoms with E-state index in [1.165, 1.54) is 11.6 Å². The molecule has 0 aliphatic carbocycles. The molecule has 0 saturated heterocycles. The Labute approximate surface area is 141 Å². The lowest BCUT2D eigenvalue weighted by Gasteiger charge is -2.15. The van der Waals surface area contributed by atoms with Gasteiger partial charge in [0.05, 0.1) is 11.7 Å². The number of hydrogen-bond donors (Lipinski definition) is 3. The van der Waals surface area contributed by atoms with Gasteiger partial charge in [-0.1, -0.05) is 37.3 Å². The number of hydrogen-bond acceptors (Lipinski definition) is 3. The minimum Gasteiger partial charge on any atom is -0.506 e. The number of carbonyl (C=O) groups excluding carboxylic acids is 2. The Bertz CT molecular complexity index is 739. The average Bonchev–Trinajstić information content (AvgIpc) is 2.57. The number of aryl methyl sites for hydroxylation is 2. The lowest BCUT2D eigenvalue weighted by molar-refractivity contribution is -0.136. The Morgan fingerprint density at radius 1 is 1.08 bits per heavy atom. The molecule has 2 aromatic rings. The molecule has 0 aliphatic rings. The van der Waals surface area contributed by atoms with Crippen molar-refractivity contribution in [3.05, 3.63) is 59.2 Å². The van der Waals surface area contributed by atoms with Crippen molar-refractivity contribution in [2.24, 2.45) is 0 Å². The summed E-state index contributed by atoms with van der Waals surface area (Å²) in [6.45, 7) is 5.71. The molecular formula is C19H22N2O3. The van der Waals surface area contributed by atoms with Crippen LogP contribution in [0.3, 0.4) is 0 Å². The van der Waals surface area contributed by atoms with E-state index in [2.05, 4.69) is 17.6 Å². The van der Waals surface area contributed by atoms with Crippen LogP contribution in [0.5, 0.6) is 5.75 Å². The number of rotatable bonds is 4. The summed E-state index contributed by atoms with van der Waals surface area (Å²) in [5.41, 5.74) is 3.20. The predicted molar refractivity (Wildman–Crippen MR) is 93.9 cm³/mol. The van der Waals surface area contributed by atoms with Crippen LogP contribution < -0.4 is 10.6 Å². The van der Waals surface area contributed by atoms with Crippen LogP contribution in [0.25, 0.3) is 0 Å². The van der Waals surface area contributed by atoms with Crippen LogP contribution in [0.1, 0.15) is 36.6 Å². The molecule has 0 saturated carbocycles. The summed E-state index contributed by atoms with van der Waals surface area (Å²) in [6, 6.07) is 12.4. The van der Waals surface area contributed by atoms with Gasteiger partial charge in [-0.3, -0.25) is 9.59 Å². The molecule has 0 fully saturated rings. The predicted octanol–water partition coefficient (Wildman–Crippen LogP) is 3.08. The van der Waals surface area contributed by atoms with Gasteiger partial charge in [0, 0.05) is 0 Å². The molecule has 1 atom stereocenters. The van der Waals surface area contributed by atoms with Gasteiger partial charge in [-0.05, 0) is 49.1 Å². The fourth-order valence-electron chi connectivity index (χ4n) is 2.31. The Balaban J connectivity index is 1.98. The molecule has 5 heteroatoms. The lowest BCUT2D eigenvalue weighted by atomic mass is 10.1. The van der Waals surface area contributed by atoms with Crippen LogP contribution in [0.4, 0.5) is 5.69 Å². The SMILES string of the molecule is CCc1ccc(C(C)NC(=O)C(=O)Nc2ccc(C)cc2O)cc1. The van der Waals surface area contributed by atoms with Gasteiger partial charge in [0.15, 0.2) is 0 Å². The van der Waals surface area contributed by atoms with Gasteiger partial charge in [0.1, 0.15) is 5.75 Å². The van der Waals surface area contributed by atoms with Crippen LogP contribution >= 0.6 is 0 Å². The first-order valence-electron chi connectivity index (χ1n) is 7.91. The Hall–Kier alpha value is -2.82. The molecule has 24 heavy (non-hydrogen) atoms. The van der Waals surface area contributed by atoms with E-state index >= 15 is 0 Å². The van der Waals surface area contributed by atoms with E-state index in [9.17, 15) is 14.7 Å². The molecule has 2 amide bonds. The summed E-state index contributed by atoms with van der Waals surface area (Å²) in [7, 11) is 0. The summed E-state index contributed by atoms with van der Waals surface area (Å²) in [5.74, 6) is -1.63. The second-order valence-corrected chi connectivity index (χ2v) is 5.77. The molecule has 3 N–H and O–H groups in total. The lowest BCUT2D eigenvalue weighted by Crippen LogP contribution is -2.36. The Morgan fingerprint density at radius 3 is 2.33 bits per heavy atom. The highest BCUT2D eigenvalue weighted by Crippen LogP contribution is 2.23. The number of phenolic OH excluding ortho intramolecular Hbond substituents is 1. The fraction of sp³-hybridized carbons (Fsp3) is 0.263. The highest BCUT2D eigenvalue weighted by molar-refractivity contribution is 6.39. The summed E-state index contributed by atoms with van der Waals surface area (Å²) < 4.78 is 0. The molecule has 0 bridgehead atoms. The minimum absolute atomic E-state index is 0.0700. The Kier molecular flexibility index (Phi) is 5.58. The maximum Gasteiger partial charge on any atom is 0.313 e. The van der Waals surface area contributed by atoms with Crippen molar-refractivity contribution in [1.29, 1.82) is 0 Å². The Morgan fingerprint density at radius 2 is 1.75 bits per heavy atom. The van der Waals surface area contributed by atoms with Gasteiger partial charge in [0.25, 0.3) is 0 Å². The third-order valence-electron chi connectivity index (χ3n) is 3.84. The largest absolute Gasteiger partial charge is 0.506 e. The molecule has 2 aromatic carbocycles. The summed E-state index contributed by atoms with van der Waals surface area (Å²) in [5, 5.41) is 14.8. The van der Waals surface area contributed by atoms with E-state index in [0.717, 1.165) is 17.5 Å². The van der Waals surface area contributed by atoms with Gasteiger partial charge in [-0.15, -0.1) is 0 Å². The van der Waals surface area contributed by atoms with Crippen LogP contribution in [0.15, 0.2) is 42.5 Å². The number of carbonyl (C=O) groups is 2. The zero-order valence-electron chi connectivity index (χ0n) is 14.1. The summed E-state index contributed by atoms with van der Waals surface area (Å²) >= 11 is 0. The van der Waals surface area contributed by atoms with Gasteiger partial charge >= 0.3 is 11.8 Å². The normalized spacial score (nSPS) is 11.6. The van der Waals surface area contributed by atoms with Crippen LogP contribution in [0, 0.1) is 6.92 Å². The first-order chi connectivity index (χ1) is 11.4. The molecule has 0 radical (unpaired) electrons. The third kappa shape index (κ3) is 4.35. The summed E-state index contributed by atoms with van der Waals surface area (Å²) in [4.78, 5) is 24.0. The van der Waals surface area contributed by atoms with Gasteiger partial charge in [-0.2, -0.15) is 0 Å². The van der Waals surface area contributed by atoms with Crippen molar-refractivity contribution in [3.8, 4) is 5.75 Å². The summed E-state index contributed by atoms with van der Waals surface area (Å²) in [6.07, 6.45) is 0.948. The number of phenols is 1. The second-order valence-electron chi connectivity index (χ2n) is 5.77. The van der Waals surface area contributed by atoms with Crippen molar-refractivity contribution in [3.63, 3.8) is 0 Å². The van der Waals surface area contributed by atoms with Crippen LogP contribution in [-0.2, 0) is 16.0 Å². The monoisotopic (exact) mass is 326 g/mol. The van der Waals surface area contributed by atoms with Crippen molar-refractivity contribution < 1.29 is 14.7 Å². The van der Waals surface area contributed by atoms with E-state index in [1.54, 1.807) is 12.1 Å². The van der Waals surface area contributed by atoms with Crippen molar-refractivity contribution >= 4 is 17.5 Å². The van der Waals surface area contributed by atoms with E-state index in [4.69, 9.17) is 0 Å². The van der Waals surface area contributed by atoms with Crippen molar-refractivity contribution in [1.82, 2.24) is 5.32 Å². The topological polar surface area (TPSA) is 78.4 Å². The molecule has 0 heterocycles. The zero-order chi connectivity index (χ0) is 17.7. The maximum atomic E-state index is 12.0. The molecule has 2 rings (SSSR count). The first kappa shape index (κ1) is 17.5. The van der Waals surface area contributed by atoms with Crippen molar-refractivity contribution in [2.45, 2.75) is 33.2 Å². The van der Waals surface area contributed by atoms with E-state index in [1.807, 2.05) is 38.1 Å². The van der Waals surface area contributed by atoms with Crippen LogP contribution in [-0.4, -0.2) is 16.9 Å². The van der Waals surface area contributed by atoms with E-state index in [0.29, 0.717) is 0 Å². The molecule has 5 nitrogen and oxygen atoms in total.